The van der Waals surface area contributed by atoms with Crippen LogP contribution < -0.4 is 9.62 Å². The zero-order valence-electron chi connectivity index (χ0n) is 11.3. The molecule has 0 unspecified atom stereocenters. The van der Waals surface area contributed by atoms with Crippen LogP contribution in [0.15, 0.2) is 45.9 Å². The molecule has 1 N–H and O–H groups in total. The first-order valence-corrected chi connectivity index (χ1v) is 8.19. The van der Waals surface area contributed by atoms with Crippen molar-refractivity contribution in [3.8, 4) is 0 Å². The van der Waals surface area contributed by atoms with Gasteiger partial charge in [-0.2, -0.15) is 0 Å². The van der Waals surface area contributed by atoms with E-state index in [-0.39, 0.29) is 9.37 Å². The molecule has 0 aliphatic carbocycles. The maximum absolute atomic E-state index is 13.5. The van der Waals surface area contributed by atoms with Gasteiger partial charge in [-0.3, -0.25) is 4.72 Å². The van der Waals surface area contributed by atoms with Gasteiger partial charge in [0.1, 0.15) is 5.82 Å². The Kier molecular flexibility index (Phi) is 4.48. The average molecular weight is 374 g/mol. The van der Waals surface area contributed by atoms with Crippen LogP contribution in [0.5, 0.6) is 0 Å². The normalized spacial score (nSPS) is 11.2. The summed E-state index contributed by atoms with van der Waals surface area (Å²) in [5.74, 6) is -0.171. The Labute approximate surface area is 131 Å². The highest BCUT2D eigenvalue weighted by atomic mass is 79.9. The topological polar surface area (TPSA) is 62.3 Å². The molecule has 0 spiro atoms. The number of aromatic nitrogens is 1. The third kappa shape index (κ3) is 3.51. The number of hydrogen-bond donors (Lipinski definition) is 1. The molecular weight excluding hydrogens is 361 g/mol. The molecule has 112 valence electrons. The summed E-state index contributed by atoms with van der Waals surface area (Å²) in [7, 11) is -0.387. The van der Waals surface area contributed by atoms with Crippen LogP contribution in [-0.4, -0.2) is 27.5 Å². The number of halogens is 2. The summed E-state index contributed by atoms with van der Waals surface area (Å²) >= 11 is 2.99. The van der Waals surface area contributed by atoms with Crippen LogP contribution in [0.3, 0.4) is 0 Å². The number of nitrogens with zero attached hydrogens (tertiary/aromatic N) is 2. The Bertz CT molecular complexity index is 766. The Morgan fingerprint density at radius 2 is 2.00 bits per heavy atom. The van der Waals surface area contributed by atoms with E-state index in [9.17, 15) is 12.8 Å². The summed E-state index contributed by atoms with van der Waals surface area (Å²) in [5.41, 5.74) is 0.325. The molecule has 1 aromatic heterocycles. The second-order valence-corrected chi connectivity index (χ2v) is 6.99. The van der Waals surface area contributed by atoms with Gasteiger partial charge >= 0.3 is 0 Å². The minimum Gasteiger partial charge on any atom is -0.361 e. The van der Waals surface area contributed by atoms with E-state index in [1.165, 1.54) is 12.1 Å². The van der Waals surface area contributed by atoms with E-state index >= 15 is 0 Å². The fraction of sp³-hybridized carbons (Fsp3) is 0.154. The fourth-order valence-corrected chi connectivity index (χ4v) is 3.00. The molecule has 8 heteroatoms. The summed E-state index contributed by atoms with van der Waals surface area (Å²) in [6, 6.07) is 6.83. The zero-order chi connectivity index (χ0) is 15.6. The van der Waals surface area contributed by atoms with Gasteiger partial charge in [0, 0.05) is 20.3 Å². The number of nitrogens with one attached hydrogen (secondary N) is 1. The van der Waals surface area contributed by atoms with Crippen LogP contribution in [0.1, 0.15) is 0 Å². The molecule has 0 radical (unpaired) electrons. The number of rotatable bonds is 4. The lowest BCUT2D eigenvalue weighted by molar-refractivity contribution is 0.593. The molecule has 0 saturated heterocycles. The van der Waals surface area contributed by atoms with E-state index in [0.717, 1.165) is 6.07 Å². The molecule has 0 atom stereocenters. The summed E-state index contributed by atoms with van der Waals surface area (Å²) in [4.78, 5) is 5.63. The van der Waals surface area contributed by atoms with E-state index in [1.54, 1.807) is 37.3 Å². The summed E-state index contributed by atoms with van der Waals surface area (Å²) in [5, 5.41) is 0. The van der Waals surface area contributed by atoms with E-state index in [0.29, 0.717) is 11.5 Å². The molecule has 0 aliphatic rings. The van der Waals surface area contributed by atoms with Crippen molar-refractivity contribution in [3.63, 3.8) is 0 Å². The molecule has 0 fully saturated rings. The third-order valence-electron chi connectivity index (χ3n) is 2.66. The molecule has 0 amide bonds. The Balaban J connectivity index is 2.40. The molecule has 2 aromatic rings. The van der Waals surface area contributed by atoms with Gasteiger partial charge in [-0.05, 0) is 46.3 Å². The number of sulfonamides is 1. The van der Waals surface area contributed by atoms with E-state index in [4.69, 9.17) is 0 Å². The molecule has 2 rings (SSSR count). The van der Waals surface area contributed by atoms with Gasteiger partial charge in [0.2, 0.25) is 0 Å². The zero-order valence-corrected chi connectivity index (χ0v) is 13.7. The maximum atomic E-state index is 13.5. The summed E-state index contributed by atoms with van der Waals surface area (Å²) in [6.07, 6.45) is 1.56. The van der Waals surface area contributed by atoms with E-state index in [2.05, 4.69) is 25.6 Å². The standard InChI is InChI=1S/C13H13BrFN3O2S/c1-18(2)13-12(4-3-7-16-13)17-21(19,20)9-5-6-10(14)11(15)8-9/h3-8,17H,1-2H3. The minimum atomic E-state index is -3.89. The Hall–Kier alpha value is -1.67. The molecule has 0 aliphatic heterocycles. The summed E-state index contributed by atoms with van der Waals surface area (Å²) in [6.45, 7) is 0. The highest BCUT2D eigenvalue weighted by Gasteiger charge is 2.18. The summed E-state index contributed by atoms with van der Waals surface area (Å²) < 4.78 is 40.7. The van der Waals surface area contributed by atoms with Crippen molar-refractivity contribution in [3.05, 3.63) is 46.8 Å². The van der Waals surface area contributed by atoms with Gasteiger partial charge in [-0.1, -0.05) is 0 Å². The van der Waals surface area contributed by atoms with Gasteiger partial charge in [-0.15, -0.1) is 0 Å². The molecule has 0 bridgehead atoms. The number of anilines is 2. The van der Waals surface area contributed by atoms with Gasteiger partial charge in [0.05, 0.1) is 15.1 Å². The second-order valence-electron chi connectivity index (χ2n) is 4.45. The highest BCUT2D eigenvalue weighted by Crippen LogP contribution is 2.25. The Morgan fingerprint density at radius 1 is 1.29 bits per heavy atom. The lowest BCUT2D eigenvalue weighted by atomic mass is 10.3. The first kappa shape index (κ1) is 15.7. The number of benzene rings is 1. The minimum absolute atomic E-state index is 0.156. The number of hydrogen-bond acceptors (Lipinski definition) is 4. The van der Waals surface area contributed by atoms with Crippen molar-refractivity contribution < 1.29 is 12.8 Å². The van der Waals surface area contributed by atoms with Crippen LogP contribution in [0.2, 0.25) is 0 Å². The van der Waals surface area contributed by atoms with Crippen molar-refractivity contribution in [2.75, 3.05) is 23.7 Å². The largest absolute Gasteiger partial charge is 0.361 e. The molecule has 21 heavy (non-hydrogen) atoms. The van der Waals surface area contributed by atoms with Gasteiger partial charge in [-0.25, -0.2) is 17.8 Å². The van der Waals surface area contributed by atoms with Crippen molar-refractivity contribution in [1.29, 1.82) is 0 Å². The van der Waals surface area contributed by atoms with Crippen molar-refractivity contribution in [2.24, 2.45) is 0 Å². The second kappa shape index (κ2) is 5.98. The predicted molar refractivity (Wildman–Crippen MR) is 83.5 cm³/mol. The quantitative estimate of drug-likeness (QED) is 0.894. The van der Waals surface area contributed by atoms with Gasteiger partial charge < -0.3 is 4.90 Å². The van der Waals surface area contributed by atoms with Crippen LogP contribution in [0.25, 0.3) is 0 Å². The molecule has 5 nitrogen and oxygen atoms in total. The van der Waals surface area contributed by atoms with Crippen LogP contribution >= 0.6 is 15.9 Å². The van der Waals surface area contributed by atoms with Crippen molar-refractivity contribution >= 4 is 37.5 Å². The third-order valence-corrected chi connectivity index (χ3v) is 4.66. The molecular formula is C13H13BrFN3O2S. The van der Waals surface area contributed by atoms with Crippen molar-refractivity contribution in [1.82, 2.24) is 4.98 Å². The van der Waals surface area contributed by atoms with Crippen LogP contribution in [-0.2, 0) is 10.0 Å². The predicted octanol–water partition coefficient (Wildman–Crippen LogP) is 2.85. The smallest absolute Gasteiger partial charge is 0.262 e. The SMILES string of the molecule is CN(C)c1ncccc1NS(=O)(=O)c1ccc(Br)c(F)c1. The highest BCUT2D eigenvalue weighted by molar-refractivity contribution is 9.10. The van der Waals surface area contributed by atoms with E-state index < -0.39 is 15.8 Å². The Morgan fingerprint density at radius 3 is 2.62 bits per heavy atom. The van der Waals surface area contributed by atoms with Gasteiger partial charge in [0.15, 0.2) is 5.82 Å². The molecule has 1 heterocycles. The monoisotopic (exact) mass is 373 g/mol. The van der Waals surface area contributed by atoms with Crippen molar-refractivity contribution in [2.45, 2.75) is 4.90 Å². The van der Waals surface area contributed by atoms with Crippen LogP contribution in [0, 0.1) is 5.82 Å². The number of pyridine rings is 1. The first-order chi connectivity index (χ1) is 9.81. The fourth-order valence-electron chi connectivity index (χ4n) is 1.68. The average Bonchev–Trinajstić information content (AvgIpc) is 2.41. The van der Waals surface area contributed by atoms with E-state index in [1.807, 2.05) is 0 Å². The van der Waals surface area contributed by atoms with Crippen LogP contribution in [0.4, 0.5) is 15.9 Å². The first-order valence-electron chi connectivity index (χ1n) is 5.91. The molecule has 0 saturated carbocycles. The maximum Gasteiger partial charge on any atom is 0.262 e. The van der Waals surface area contributed by atoms with Gasteiger partial charge in [0.25, 0.3) is 10.0 Å². The lowest BCUT2D eigenvalue weighted by Gasteiger charge is -2.17. The molecule has 1 aromatic carbocycles. The lowest BCUT2D eigenvalue weighted by Crippen LogP contribution is -2.18.